The smallest absolute Gasteiger partial charge is 0.152 e. The van der Waals surface area contributed by atoms with Crippen LogP contribution in [0.4, 0.5) is 4.39 Å². The number of alkyl halides is 1. The molecule has 0 unspecified atom stereocenters. The van der Waals surface area contributed by atoms with Crippen molar-refractivity contribution < 1.29 is 35.0 Å². The summed E-state index contributed by atoms with van der Waals surface area (Å²) >= 11 is 0. The van der Waals surface area contributed by atoms with Gasteiger partial charge in [-0.2, -0.15) is 0 Å². The third-order valence-corrected chi connectivity index (χ3v) is 2.95. The monoisotopic (exact) mass is 306 g/mol. The molecular weight excluding hydrogens is 287 g/mol. The number of aliphatic hydroxyl groups excluding tert-OH is 6. The first-order chi connectivity index (χ1) is 9.90. The molecule has 0 aromatic carbocycles. The van der Waals surface area contributed by atoms with Gasteiger partial charge in [-0.15, -0.1) is 0 Å². The number of aromatic nitrogens is 2. The highest BCUT2D eigenvalue weighted by molar-refractivity contribution is 5.08. The largest absolute Gasteiger partial charge is 0.394 e. The topological polar surface area (TPSA) is 147 Å². The lowest BCUT2D eigenvalue weighted by Gasteiger charge is -2.19. The second kappa shape index (κ2) is 8.27. The van der Waals surface area contributed by atoms with Crippen molar-refractivity contribution in [2.75, 3.05) is 13.2 Å². The molecule has 5 atom stereocenters. The molecule has 1 aromatic rings. The van der Waals surface area contributed by atoms with Crippen LogP contribution in [0.1, 0.15) is 17.5 Å². The molecule has 1 aromatic heterocycles. The summed E-state index contributed by atoms with van der Waals surface area (Å²) in [4.78, 5) is 7.63. The molecule has 0 aliphatic carbocycles. The summed E-state index contributed by atoms with van der Waals surface area (Å²) in [7, 11) is 0. The highest BCUT2D eigenvalue weighted by Gasteiger charge is 2.28. The molecule has 0 saturated carbocycles. The summed E-state index contributed by atoms with van der Waals surface area (Å²) in [5, 5.41) is 55.0. The molecule has 0 aliphatic heterocycles. The van der Waals surface area contributed by atoms with Gasteiger partial charge in [0.15, 0.2) is 6.17 Å². The Morgan fingerprint density at radius 1 is 0.952 bits per heavy atom. The molecule has 0 radical (unpaired) electrons. The van der Waals surface area contributed by atoms with Crippen molar-refractivity contribution in [3.05, 3.63) is 23.8 Å². The first-order valence-corrected chi connectivity index (χ1v) is 6.29. The summed E-state index contributed by atoms with van der Waals surface area (Å²) in [6.07, 6.45) is -5.83. The Hall–Kier alpha value is -1.23. The molecule has 0 fully saturated rings. The number of hydrogen-bond acceptors (Lipinski definition) is 8. The highest BCUT2D eigenvalue weighted by Crippen LogP contribution is 2.18. The number of aliphatic hydroxyl groups is 6. The van der Waals surface area contributed by atoms with Crippen molar-refractivity contribution in [1.29, 1.82) is 0 Å². The van der Waals surface area contributed by atoms with E-state index in [0.29, 0.717) is 0 Å². The summed E-state index contributed by atoms with van der Waals surface area (Å²) in [5.41, 5.74) is 0.180. The molecular formula is C12H19FN2O6. The Morgan fingerprint density at radius 3 is 2.10 bits per heavy atom. The Bertz CT molecular complexity index is 421. The molecule has 21 heavy (non-hydrogen) atoms. The Labute approximate surface area is 120 Å². The van der Waals surface area contributed by atoms with Gasteiger partial charge in [0.2, 0.25) is 0 Å². The lowest BCUT2D eigenvalue weighted by atomic mass is 10.1. The van der Waals surface area contributed by atoms with Crippen molar-refractivity contribution in [1.82, 2.24) is 9.97 Å². The van der Waals surface area contributed by atoms with Crippen LogP contribution >= 0.6 is 0 Å². The van der Waals surface area contributed by atoms with Crippen molar-refractivity contribution in [3.63, 3.8) is 0 Å². The van der Waals surface area contributed by atoms with Crippen LogP contribution in [-0.2, 0) is 6.42 Å². The zero-order valence-electron chi connectivity index (χ0n) is 11.1. The molecule has 120 valence electrons. The molecule has 0 aliphatic rings. The average molecular weight is 306 g/mol. The third kappa shape index (κ3) is 4.92. The van der Waals surface area contributed by atoms with E-state index in [4.69, 9.17) is 10.2 Å². The Balaban J connectivity index is 2.69. The van der Waals surface area contributed by atoms with Crippen molar-refractivity contribution in [3.8, 4) is 0 Å². The third-order valence-electron chi connectivity index (χ3n) is 2.95. The van der Waals surface area contributed by atoms with Crippen LogP contribution in [0.3, 0.4) is 0 Å². The Morgan fingerprint density at radius 2 is 1.62 bits per heavy atom. The van der Waals surface area contributed by atoms with Gasteiger partial charge in [0, 0.05) is 12.6 Å². The van der Waals surface area contributed by atoms with Gasteiger partial charge in [-0.25, -0.2) is 4.39 Å². The van der Waals surface area contributed by atoms with E-state index in [2.05, 4.69) is 9.97 Å². The second-order valence-corrected chi connectivity index (χ2v) is 4.59. The highest BCUT2D eigenvalue weighted by atomic mass is 19.1. The number of nitrogens with zero attached hydrogens (tertiary/aromatic N) is 2. The van der Waals surface area contributed by atoms with E-state index in [1.54, 1.807) is 0 Å². The van der Waals surface area contributed by atoms with Gasteiger partial charge in [0.05, 0.1) is 36.9 Å². The number of rotatable bonds is 8. The minimum absolute atomic E-state index is 0.0734. The zero-order valence-corrected chi connectivity index (χ0v) is 11.1. The second-order valence-electron chi connectivity index (χ2n) is 4.59. The maximum absolute atomic E-state index is 13.0. The lowest BCUT2D eigenvalue weighted by molar-refractivity contribution is -0.0474. The first-order valence-electron chi connectivity index (χ1n) is 6.29. The summed E-state index contributed by atoms with van der Waals surface area (Å²) < 4.78 is 13.0. The SMILES string of the molecule is OC[C@@H](O)[C@@H](O)Cc1cnc([C@@H](O)[C@H](O)[C@@H](F)CO)cn1. The molecule has 0 saturated heterocycles. The molecule has 1 heterocycles. The van der Waals surface area contributed by atoms with Gasteiger partial charge in [0.1, 0.15) is 18.3 Å². The fourth-order valence-corrected chi connectivity index (χ4v) is 1.58. The predicted molar refractivity (Wildman–Crippen MR) is 67.8 cm³/mol. The van der Waals surface area contributed by atoms with Crippen LogP contribution in [0, 0.1) is 0 Å². The standard InChI is InChI=1S/C12H19FN2O6/c13-7(4-16)11(20)12(21)8-3-14-6(2-15-8)1-9(18)10(19)5-17/h2-3,7,9-12,16-21H,1,4-5H2/t7-,9-,10+,11+,12+/m0/s1. The van der Waals surface area contributed by atoms with E-state index in [1.807, 2.05) is 0 Å². The summed E-state index contributed by atoms with van der Waals surface area (Å²) in [6, 6.07) is 0. The summed E-state index contributed by atoms with van der Waals surface area (Å²) in [5.74, 6) is 0. The van der Waals surface area contributed by atoms with Gasteiger partial charge in [-0.3, -0.25) is 9.97 Å². The molecule has 6 N–H and O–H groups in total. The van der Waals surface area contributed by atoms with Gasteiger partial charge >= 0.3 is 0 Å². The number of halogens is 1. The van der Waals surface area contributed by atoms with E-state index >= 15 is 0 Å². The maximum Gasteiger partial charge on any atom is 0.152 e. The van der Waals surface area contributed by atoms with Crippen LogP contribution in [0.15, 0.2) is 12.4 Å². The van der Waals surface area contributed by atoms with E-state index in [1.165, 1.54) is 6.20 Å². The molecule has 0 spiro atoms. The Kier molecular flexibility index (Phi) is 7.02. The van der Waals surface area contributed by atoms with E-state index in [0.717, 1.165) is 6.20 Å². The van der Waals surface area contributed by atoms with Crippen LogP contribution < -0.4 is 0 Å². The van der Waals surface area contributed by atoms with Gasteiger partial charge in [-0.05, 0) is 0 Å². The van der Waals surface area contributed by atoms with Crippen LogP contribution in [0.5, 0.6) is 0 Å². The van der Waals surface area contributed by atoms with Crippen LogP contribution in [0.25, 0.3) is 0 Å². The average Bonchev–Trinajstić information content (AvgIpc) is 2.52. The van der Waals surface area contributed by atoms with E-state index < -0.39 is 43.8 Å². The number of hydrogen-bond donors (Lipinski definition) is 6. The van der Waals surface area contributed by atoms with Crippen molar-refractivity contribution >= 4 is 0 Å². The fourth-order valence-electron chi connectivity index (χ4n) is 1.58. The molecule has 0 amide bonds. The van der Waals surface area contributed by atoms with E-state index in [9.17, 15) is 24.8 Å². The quantitative estimate of drug-likeness (QED) is 0.308. The van der Waals surface area contributed by atoms with Crippen LogP contribution in [0.2, 0.25) is 0 Å². The van der Waals surface area contributed by atoms with Gasteiger partial charge < -0.3 is 30.6 Å². The minimum atomic E-state index is -2.01. The molecule has 1 rings (SSSR count). The molecule has 0 bridgehead atoms. The van der Waals surface area contributed by atoms with Crippen molar-refractivity contribution in [2.24, 2.45) is 0 Å². The van der Waals surface area contributed by atoms with Gasteiger partial charge in [0.25, 0.3) is 0 Å². The normalized spacial score (nSPS) is 18.8. The maximum atomic E-state index is 13.0. The first kappa shape index (κ1) is 17.8. The van der Waals surface area contributed by atoms with Crippen LogP contribution in [-0.4, -0.2) is 78.3 Å². The van der Waals surface area contributed by atoms with E-state index in [-0.39, 0.29) is 17.8 Å². The molecule has 8 nitrogen and oxygen atoms in total. The van der Waals surface area contributed by atoms with Gasteiger partial charge in [-0.1, -0.05) is 0 Å². The summed E-state index contributed by atoms with van der Waals surface area (Å²) in [6.45, 7) is -1.54. The zero-order chi connectivity index (χ0) is 16.0. The fraction of sp³-hybridized carbons (Fsp3) is 0.667. The predicted octanol–water partition coefficient (Wildman–Crippen LogP) is -2.54. The minimum Gasteiger partial charge on any atom is -0.394 e. The van der Waals surface area contributed by atoms with Crippen molar-refractivity contribution in [2.45, 2.75) is 37.0 Å². The molecule has 9 heteroatoms. The lowest BCUT2D eigenvalue weighted by Crippen LogP contribution is -2.32.